The quantitative estimate of drug-likeness (QED) is 0.395. The van der Waals surface area contributed by atoms with Crippen LogP contribution in [-0.4, -0.2) is 39.4 Å². The largest absolute Gasteiger partial charge is 0.357 e. The van der Waals surface area contributed by atoms with Crippen molar-refractivity contribution in [3.05, 3.63) is 78.6 Å². The van der Waals surface area contributed by atoms with Gasteiger partial charge in [0, 0.05) is 13.6 Å². The normalized spacial score (nSPS) is 11.5. The summed E-state index contributed by atoms with van der Waals surface area (Å²) in [6.45, 7) is 4.08. The second-order valence-corrected chi connectivity index (χ2v) is 7.44. The topological polar surface area (TPSA) is 88.9 Å². The van der Waals surface area contributed by atoms with E-state index in [1.807, 2.05) is 6.07 Å². The number of benzene rings is 2. The molecule has 160 valence electrons. The molecule has 0 aliphatic carbocycles. The smallest absolute Gasteiger partial charge is 0.246 e. The lowest BCUT2D eigenvalue weighted by Crippen LogP contribution is -2.39. The Labute approximate surface area is 183 Å². The highest BCUT2D eigenvalue weighted by Crippen LogP contribution is 2.26. The average molecular weight is 440 g/mol. The van der Waals surface area contributed by atoms with Gasteiger partial charge >= 0.3 is 0 Å². The van der Waals surface area contributed by atoms with E-state index in [-0.39, 0.29) is 17.6 Å². The number of hydrogen-bond donors (Lipinski definition) is 2. The Hall–Kier alpha value is -3.46. The highest BCUT2D eigenvalue weighted by atomic mass is 32.2. The number of rotatable bonds is 9. The number of amides is 2. The molecule has 0 bridgehead atoms. The molecular formula is C22H22FN5O2S. The van der Waals surface area contributed by atoms with Gasteiger partial charge in [0.2, 0.25) is 11.8 Å². The third-order valence-corrected chi connectivity index (χ3v) is 5.39. The van der Waals surface area contributed by atoms with Gasteiger partial charge in [0.05, 0.1) is 11.3 Å². The Morgan fingerprint density at radius 3 is 2.55 bits per heavy atom. The minimum Gasteiger partial charge on any atom is -0.357 e. The number of nitrogens with zero attached hydrogens (tertiary/aromatic N) is 3. The maximum atomic E-state index is 14.2. The van der Waals surface area contributed by atoms with E-state index in [9.17, 15) is 14.0 Å². The number of aromatic nitrogens is 3. The zero-order valence-electron chi connectivity index (χ0n) is 16.9. The van der Waals surface area contributed by atoms with Crippen molar-refractivity contribution < 1.29 is 14.0 Å². The fourth-order valence-corrected chi connectivity index (χ4v) is 3.71. The molecule has 0 saturated heterocycles. The van der Waals surface area contributed by atoms with Crippen molar-refractivity contribution >= 4 is 23.6 Å². The minimum atomic E-state index is -0.806. The van der Waals surface area contributed by atoms with Crippen LogP contribution in [-0.2, 0) is 16.1 Å². The summed E-state index contributed by atoms with van der Waals surface area (Å²) in [5.74, 6) is -0.712. The molecule has 0 radical (unpaired) electrons. The first-order valence-electron chi connectivity index (χ1n) is 9.52. The summed E-state index contributed by atoms with van der Waals surface area (Å²) in [6.07, 6.45) is 1.65. The molecule has 0 saturated carbocycles. The van der Waals surface area contributed by atoms with E-state index in [1.165, 1.54) is 13.1 Å². The second-order valence-electron chi connectivity index (χ2n) is 6.50. The number of halogens is 1. The van der Waals surface area contributed by atoms with Gasteiger partial charge in [0.15, 0.2) is 11.0 Å². The van der Waals surface area contributed by atoms with E-state index < -0.39 is 11.9 Å². The van der Waals surface area contributed by atoms with Gasteiger partial charge in [-0.05, 0) is 17.7 Å². The number of carbonyl (C=O) groups excluding carboxylic acids is 2. The molecule has 1 heterocycles. The van der Waals surface area contributed by atoms with Crippen LogP contribution in [0.15, 0.2) is 72.4 Å². The van der Waals surface area contributed by atoms with Crippen LogP contribution in [0.3, 0.4) is 0 Å². The third kappa shape index (κ3) is 5.37. The lowest BCUT2D eigenvalue weighted by atomic mass is 10.1. The van der Waals surface area contributed by atoms with Crippen LogP contribution in [0.4, 0.5) is 4.39 Å². The van der Waals surface area contributed by atoms with E-state index in [4.69, 9.17) is 0 Å². The monoisotopic (exact) mass is 439 g/mol. The average Bonchev–Trinajstić information content (AvgIpc) is 3.19. The fourth-order valence-electron chi connectivity index (χ4n) is 2.95. The Kier molecular flexibility index (Phi) is 7.55. The predicted octanol–water partition coefficient (Wildman–Crippen LogP) is 2.97. The number of hydrogen-bond acceptors (Lipinski definition) is 5. The zero-order valence-corrected chi connectivity index (χ0v) is 17.7. The van der Waals surface area contributed by atoms with Crippen LogP contribution in [0.1, 0.15) is 11.6 Å². The molecule has 0 aliphatic heterocycles. The van der Waals surface area contributed by atoms with E-state index in [0.717, 1.165) is 11.8 Å². The first-order chi connectivity index (χ1) is 15.0. The Balaban J connectivity index is 1.74. The van der Waals surface area contributed by atoms with Crippen LogP contribution < -0.4 is 10.6 Å². The lowest BCUT2D eigenvalue weighted by Gasteiger charge is -2.17. The molecule has 0 fully saturated rings. The molecule has 7 nitrogen and oxygen atoms in total. The van der Waals surface area contributed by atoms with Crippen molar-refractivity contribution in [3.8, 4) is 11.4 Å². The van der Waals surface area contributed by atoms with Crippen molar-refractivity contribution in [3.63, 3.8) is 0 Å². The summed E-state index contributed by atoms with van der Waals surface area (Å²) in [6, 6.07) is 14.5. The van der Waals surface area contributed by atoms with Gasteiger partial charge in [-0.2, -0.15) is 0 Å². The first-order valence-corrected chi connectivity index (χ1v) is 10.5. The van der Waals surface area contributed by atoms with Gasteiger partial charge in [-0.15, -0.1) is 16.8 Å². The summed E-state index contributed by atoms with van der Waals surface area (Å²) < 4.78 is 15.9. The number of carbonyl (C=O) groups is 2. The molecule has 0 spiro atoms. The van der Waals surface area contributed by atoms with E-state index >= 15 is 0 Å². The first kappa shape index (κ1) is 22.2. The van der Waals surface area contributed by atoms with Gasteiger partial charge in [-0.25, -0.2) is 4.39 Å². The zero-order chi connectivity index (χ0) is 22.2. The molecule has 0 aliphatic rings. The standard InChI is InChI=1S/C22H22FN5O2S/c1-3-13-28-20(16-11-7-8-12-17(16)23)26-27-22(28)31-14-18(29)25-19(21(30)24-2)15-9-5-4-6-10-15/h3-12,19H,1,13-14H2,2H3,(H,24,30)(H,25,29). The molecule has 2 aromatic carbocycles. The minimum absolute atomic E-state index is 0.00682. The van der Waals surface area contributed by atoms with E-state index in [0.29, 0.717) is 28.7 Å². The van der Waals surface area contributed by atoms with E-state index in [1.54, 1.807) is 53.1 Å². The van der Waals surface area contributed by atoms with Gasteiger partial charge in [-0.3, -0.25) is 14.2 Å². The van der Waals surface area contributed by atoms with E-state index in [2.05, 4.69) is 27.4 Å². The van der Waals surface area contributed by atoms with Crippen LogP contribution in [0.5, 0.6) is 0 Å². The highest BCUT2D eigenvalue weighted by molar-refractivity contribution is 7.99. The maximum absolute atomic E-state index is 14.2. The van der Waals surface area contributed by atoms with Crippen molar-refractivity contribution in [2.75, 3.05) is 12.8 Å². The molecule has 9 heteroatoms. The SMILES string of the molecule is C=CCn1c(SCC(=O)NC(C(=O)NC)c2ccccc2)nnc1-c1ccccc1F. The number of likely N-dealkylation sites (N-methyl/N-ethyl adjacent to an activating group) is 1. The van der Waals surface area contributed by atoms with Crippen LogP contribution in [0, 0.1) is 5.82 Å². The van der Waals surface area contributed by atoms with Crippen LogP contribution >= 0.6 is 11.8 Å². The molecular weight excluding hydrogens is 417 g/mol. The van der Waals surface area contributed by atoms with Crippen LogP contribution in [0.25, 0.3) is 11.4 Å². The lowest BCUT2D eigenvalue weighted by molar-refractivity contribution is -0.127. The third-order valence-electron chi connectivity index (χ3n) is 4.42. The van der Waals surface area contributed by atoms with Gasteiger partial charge in [-0.1, -0.05) is 60.3 Å². The number of nitrogens with one attached hydrogen (secondary N) is 2. The fraction of sp³-hybridized carbons (Fsp3) is 0.182. The van der Waals surface area contributed by atoms with Crippen molar-refractivity contribution in [2.45, 2.75) is 17.7 Å². The molecule has 1 atom stereocenters. The molecule has 31 heavy (non-hydrogen) atoms. The molecule has 3 aromatic rings. The van der Waals surface area contributed by atoms with Crippen molar-refractivity contribution in [1.29, 1.82) is 0 Å². The summed E-state index contributed by atoms with van der Waals surface area (Å²) in [5.41, 5.74) is 0.994. The Morgan fingerprint density at radius 2 is 1.87 bits per heavy atom. The summed E-state index contributed by atoms with van der Waals surface area (Å²) in [4.78, 5) is 24.8. The van der Waals surface area contributed by atoms with Gasteiger partial charge in [0.1, 0.15) is 11.9 Å². The number of allylic oxidation sites excluding steroid dienone is 1. The Morgan fingerprint density at radius 1 is 1.16 bits per heavy atom. The molecule has 3 rings (SSSR count). The van der Waals surface area contributed by atoms with Crippen molar-refractivity contribution in [2.24, 2.45) is 0 Å². The second kappa shape index (κ2) is 10.5. The molecule has 2 N–H and O–H groups in total. The van der Waals surface area contributed by atoms with Crippen molar-refractivity contribution in [1.82, 2.24) is 25.4 Å². The van der Waals surface area contributed by atoms with Gasteiger partial charge < -0.3 is 10.6 Å². The highest BCUT2D eigenvalue weighted by Gasteiger charge is 2.22. The number of thioether (sulfide) groups is 1. The van der Waals surface area contributed by atoms with Gasteiger partial charge in [0.25, 0.3) is 0 Å². The molecule has 2 amide bonds. The summed E-state index contributed by atoms with van der Waals surface area (Å²) >= 11 is 1.15. The predicted molar refractivity (Wildman–Crippen MR) is 118 cm³/mol. The van der Waals surface area contributed by atoms with Crippen LogP contribution in [0.2, 0.25) is 0 Å². The molecule has 1 unspecified atom stereocenters. The molecule has 1 aromatic heterocycles. The summed E-state index contributed by atoms with van der Waals surface area (Å²) in [5, 5.41) is 14.0. The maximum Gasteiger partial charge on any atom is 0.246 e. The summed E-state index contributed by atoms with van der Waals surface area (Å²) in [7, 11) is 1.52. The Bertz CT molecular complexity index is 1070.